The van der Waals surface area contributed by atoms with Crippen LogP contribution in [-0.4, -0.2) is 26.1 Å². The van der Waals surface area contributed by atoms with Gasteiger partial charge in [-0.3, -0.25) is 4.40 Å². The van der Waals surface area contributed by atoms with Crippen LogP contribution in [0.15, 0.2) is 36.7 Å². The fraction of sp³-hybridized carbons (Fsp3) is 0.214. The number of hydrogen-bond acceptors (Lipinski definition) is 4. The highest BCUT2D eigenvalue weighted by Crippen LogP contribution is 2.22. The Morgan fingerprint density at radius 3 is 2.89 bits per heavy atom. The van der Waals surface area contributed by atoms with Gasteiger partial charge in [-0.2, -0.15) is 0 Å². The van der Waals surface area contributed by atoms with E-state index in [1.165, 1.54) is 5.56 Å². The molecule has 2 aromatic heterocycles. The van der Waals surface area contributed by atoms with E-state index in [1.807, 2.05) is 35.6 Å². The van der Waals surface area contributed by atoms with Gasteiger partial charge in [0, 0.05) is 17.3 Å². The van der Waals surface area contributed by atoms with E-state index in [4.69, 9.17) is 5.73 Å². The number of nitrogens with zero attached hydrogens (tertiary/aromatic N) is 4. The summed E-state index contributed by atoms with van der Waals surface area (Å²) in [5.41, 5.74) is 9.64. The molecule has 0 radical (unpaired) electrons. The van der Waals surface area contributed by atoms with Gasteiger partial charge in [0.15, 0.2) is 11.5 Å². The number of aryl methyl sites for hydroxylation is 1. The van der Waals surface area contributed by atoms with Gasteiger partial charge >= 0.3 is 0 Å². The average molecular weight is 253 g/mol. The summed E-state index contributed by atoms with van der Waals surface area (Å²) < 4.78 is 1.91. The fourth-order valence-electron chi connectivity index (χ4n) is 2.18. The zero-order valence-electron chi connectivity index (χ0n) is 10.7. The van der Waals surface area contributed by atoms with Crippen molar-refractivity contribution in [2.45, 2.75) is 13.3 Å². The molecule has 3 aromatic rings. The summed E-state index contributed by atoms with van der Waals surface area (Å²) >= 11 is 0. The van der Waals surface area contributed by atoms with Crippen molar-refractivity contribution in [3.05, 3.63) is 47.9 Å². The quantitative estimate of drug-likeness (QED) is 0.769. The molecule has 0 spiro atoms. The zero-order chi connectivity index (χ0) is 13.2. The first-order valence-electron chi connectivity index (χ1n) is 6.25. The van der Waals surface area contributed by atoms with Crippen molar-refractivity contribution >= 4 is 5.65 Å². The summed E-state index contributed by atoms with van der Waals surface area (Å²) in [6.45, 7) is 2.56. The number of rotatable bonds is 3. The summed E-state index contributed by atoms with van der Waals surface area (Å²) in [7, 11) is 0. The second-order valence-corrected chi connectivity index (χ2v) is 4.48. The van der Waals surface area contributed by atoms with Gasteiger partial charge in [-0.05, 0) is 25.5 Å². The van der Waals surface area contributed by atoms with Crippen LogP contribution in [0.1, 0.15) is 11.3 Å². The molecule has 0 fully saturated rings. The molecule has 19 heavy (non-hydrogen) atoms. The highest BCUT2D eigenvalue weighted by molar-refractivity contribution is 5.63. The van der Waals surface area contributed by atoms with Crippen LogP contribution in [0.2, 0.25) is 0 Å². The molecule has 0 aliphatic heterocycles. The van der Waals surface area contributed by atoms with Crippen LogP contribution in [0.4, 0.5) is 0 Å². The minimum atomic E-state index is 0.616. The molecule has 0 saturated heterocycles. The Morgan fingerprint density at radius 1 is 1.21 bits per heavy atom. The minimum Gasteiger partial charge on any atom is -0.330 e. The van der Waals surface area contributed by atoms with Gasteiger partial charge in [-0.25, -0.2) is 4.98 Å². The lowest BCUT2D eigenvalue weighted by Gasteiger charge is -2.06. The molecule has 5 nitrogen and oxygen atoms in total. The number of benzene rings is 1. The van der Waals surface area contributed by atoms with Gasteiger partial charge in [0.2, 0.25) is 0 Å². The van der Waals surface area contributed by atoms with Gasteiger partial charge in [0.05, 0.1) is 0 Å². The number of aromatic nitrogens is 4. The van der Waals surface area contributed by atoms with E-state index in [-0.39, 0.29) is 0 Å². The highest BCUT2D eigenvalue weighted by atomic mass is 15.3. The second kappa shape index (κ2) is 4.78. The van der Waals surface area contributed by atoms with Gasteiger partial charge < -0.3 is 5.73 Å². The van der Waals surface area contributed by atoms with E-state index in [2.05, 4.69) is 21.2 Å². The van der Waals surface area contributed by atoms with E-state index in [0.29, 0.717) is 6.54 Å². The van der Waals surface area contributed by atoms with Crippen LogP contribution < -0.4 is 5.73 Å². The van der Waals surface area contributed by atoms with Crippen molar-refractivity contribution in [3.8, 4) is 11.4 Å². The van der Waals surface area contributed by atoms with Crippen LogP contribution in [0.25, 0.3) is 17.0 Å². The molecule has 3 rings (SSSR count). The minimum absolute atomic E-state index is 0.616. The number of nitrogens with two attached hydrogens (primary N) is 1. The molecular weight excluding hydrogens is 238 g/mol. The first kappa shape index (κ1) is 11.8. The Morgan fingerprint density at radius 2 is 2.05 bits per heavy atom. The van der Waals surface area contributed by atoms with E-state index >= 15 is 0 Å². The van der Waals surface area contributed by atoms with E-state index in [0.717, 1.165) is 29.1 Å². The van der Waals surface area contributed by atoms with Crippen LogP contribution in [-0.2, 0) is 6.42 Å². The van der Waals surface area contributed by atoms with E-state index in [9.17, 15) is 0 Å². The maximum absolute atomic E-state index is 5.66. The smallest absolute Gasteiger partial charge is 0.169 e. The molecule has 0 unspecified atom stereocenters. The van der Waals surface area contributed by atoms with Gasteiger partial charge in [0.1, 0.15) is 6.33 Å². The summed E-state index contributed by atoms with van der Waals surface area (Å²) in [5.74, 6) is 0.812. The number of hydrogen-bond donors (Lipinski definition) is 1. The Kier molecular flexibility index (Phi) is 2.97. The van der Waals surface area contributed by atoms with Crippen molar-refractivity contribution in [2.24, 2.45) is 5.73 Å². The van der Waals surface area contributed by atoms with Gasteiger partial charge in [0.25, 0.3) is 0 Å². The standard InChI is InChI=1S/C14H15N5/c1-10-8-13-17-18-14(19(13)9-16-10)12-5-3-2-4-11(12)6-7-15/h2-5,8-9H,6-7,15H2,1H3. The largest absolute Gasteiger partial charge is 0.330 e. The maximum atomic E-state index is 5.66. The van der Waals surface area contributed by atoms with Crippen molar-refractivity contribution in [1.82, 2.24) is 19.6 Å². The molecular formula is C14H15N5. The Bertz CT molecular complexity index is 717. The maximum Gasteiger partial charge on any atom is 0.169 e. The third-order valence-corrected chi connectivity index (χ3v) is 3.11. The zero-order valence-corrected chi connectivity index (χ0v) is 10.7. The van der Waals surface area contributed by atoms with Crippen LogP contribution >= 0.6 is 0 Å². The fourth-order valence-corrected chi connectivity index (χ4v) is 2.18. The normalized spacial score (nSPS) is 11.1. The molecule has 0 aliphatic rings. The summed E-state index contributed by atoms with van der Waals surface area (Å²) in [6.07, 6.45) is 2.59. The lowest BCUT2D eigenvalue weighted by Crippen LogP contribution is -2.04. The summed E-state index contributed by atoms with van der Waals surface area (Å²) in [6, 6.07) is 10.0. The molecule has 2 N–H and O–H groups in total. The molecule has 2 heterocycles. The first-order chi connectivity index (χ1) is 9.29. The van der Waals surface area contributed by atoms with E-state index in [1.54, 1.807) is 6.33 Å². The third kappa shape index (κ3) is 2.08. The van der Waals surface area contributed by atoms with Crippen molar-refractivity contribution in [1.29, 1.82) is 0 Å². The molecule has 5 heteroatoms. The Balaban J connectivity index is 2.19. The second-order valence-electron chi connectivity index (χ2n) is 4.48. The van der Waals surface area contributed by atoms with Crippen molar-refractivity contribution in [2.75, 3.05) is 6.54 Å². The van der Waals surface area contributed by atoms with Gasteiger partial charge in [-0.15, -0.1) is 10.2 Å². The molecule has 96 valence electrons. The van der Waals surface area contributed by atoms with E-state index < -0.39 is 0 Å². The summed E-state index contributed by atoms with van der Waals surface area (Å²) in [5, 5.41) is 8.48. The molecule has 0 bridgehead atoms. The van der Waals surface area contributed by atoms with Crippen LogP contribution in [0.5, 0.6) is 0 Å². The molecule has 0 amide bonds. The van der Waals surface area contributed by atoms with Crippen LogP contribution in [0, 0.1) is 6.92 Å². The summed E-state index contributed by atoms with van der Waals surface area (Å²) in [4.78, 5) is 4.30. The van der Waals surface area contributed by atoms with Crippen molar-refractivity contribution < 1.29 is 0 Å². The third-order valence-electron chi connectivity index (χ3n) is 3.11. The SMILES string of the molecule is Cc1cc2nnc(-c3ccccc3CCN)n2cn1. The lowest BCUT2D eigenvalue weighted by molar-refractivity contribution is 0.962. The van der Waals surface area contributed by atoms with Crippen LogP contribution in [0.3, 0.4) is 0 Å². The predicted octanol–water partition coefficient (Wildman–Crippen LogP) is 1.60. The molecule has 0 saturated carbocycles. The monoisotopic (exact) mass is 253 g/mol. The number of fused-ring (bicyclic) bond motifs is 1. The molecule has 1 aromatic carbocycles. The highest BCUT2D eigenvalue weighted by Gasteiger charge is 2.11. The molecule has 0 atom stereocenters. The lowest BCUT2D eigenvalue weighted by atomic mass is 10.0. The average Bonchev–Trinajstić information content (AvgIpc) is 2.82. The van der Waals surface area contributed by atoms with Gasteiger partial charge in [-0.1, -0.05) is 24.3 Å². The predicted molar refractivity (Wildman–Crippen MR) is 73.7 cm³/mol. The Hall–Kier alpha value is -2.27. The topological polar surface area (TPSA) is 69.1 Å². The Labute approximate surface area is 111 Å². The molecule has 0 aliphatic carbocycles. The van der Waals surface area contributed by atoms with Crippen molar-refractivity contribution in [3.63, 3.8) is 0 Å². The first-order valence-corrected chi connectivity index (χ1v) is 6.25.